The molecule has 2 heteroatoms. The summed E-state index contributed by atoms with van der Waals surface area (Å²) in [5, 5.41) is 0. The molecule has 1 aliphatic rings. The quantitative estimate of drug-likeness (QED) is 0.290. The van der Waals surface area contributed by atoms with Crippen LogP contribution in [0.4, 0.5) is 0 Å². The van der Waals surface area contributed by atoms with Crippen LogP contribution in [-0.2, 0) is 0 Å². The molecule has 0 aromatic rings. The summed E-state index contributed by atoms with van der Waals surface area (Å²) in [5.41, 5.74) is 2.67. The third kappa shape index (κ3) is 0.813. The minimum atomic E-state index is 0.525. The Labute approximate surface area is 43.4 Å². The minimum absolute atomic E-state index is 0.525. The highest BCUT2D eigenvalue weighted by Crippen LogP contribution is 2.29. The molecule has 40 valence electrons. The van der Waals surface area contributed by atoms with Crippen LogP contribution >= 0.6 is 0 Å². The second kappa shape index (κ2) is 1.64. The summed E-state index contributed by atoms with van der Waals surface area (Å²) < 4.78 is 0. The van der Waals surface area contributed by atoms with E-state index >= 15 is 0 Å². The van der Waals surface area contributed by atoms with Gasteiger partial charge in [0.15, 0.2) is 0 Å². The van der Waals surface area contributed by atoms with Gasteiger partial charge in [-0.3, -0.25) is 11.3 Å². The van der Waals surface area contributed by atoms with Gasteiger partial charge in [-0.15, -0.1) is 6.58 Å². The van der Waals surface area contributed by atoms with Crippen molar-refractivity contribution in [3.05, 3.63) is 12.7 Å². The molecule has 0 radical (unpaired) electrons. The Bertz CT molecular complexity index is 80.1. The fraction of sp³-hybridized carbons (Fsp3) is 0.600. The van der Waals surface area contributed by atoms with E-state index in [0.29, 0.717) is 12.0 Å². The topological polar surface area (TPSA) is 38.0 Å². The van der Waals surface area contributed by atoms with Crippen molar-refractivity contribution in [1.82, 2.24) is 5.43 Å². The molecule has 0 spiro atoms. The first-order valence-electron chi connectivity index (χ1n) is 2.47. The van der Waals surface area contributed by atoms with E-state index in [1.54, 1.807) is 0 Å². The molecule has 1 rings (SSSR count). The summed E-state index contributed by atoms with van der Waals surface area (Å²) >= 11 is 0. The van der Waals surface area contributed by atoms with E-state index in [2.05, 4.69) is 12.0 Å². The molecular weight excluding hydrogens is 88.1 g/mol. The van der Waals surface area contributed by atoms with Crippen LogP contribution in [0, 0.1) is 5.92 Å². The smallest absolute Gasteiger partial charge is 0.0279 e. The zero-order valence-corrected chi connectivity index (χ0v) is 4.22. The van der Waals surface area contributed by atoms with Crippen molar-refractivity contribution in [2.24, 2.45) is 11.8 Å². The van der Waals surface area contributed by atoms with Gasteiger partial charge in [-0.05, 0) is 12.3 Å². The Kier molecular flexibility index (Phi) is 1.13. The molecule has 0 aliphatic heterocycles. The zero-order valence-electron chi connectivity index (χ0n) is 4.22. The molecule has 1 aliphatic carbocycles. The van der Waals surface area contributed by atoms with Gasteiger partial charge in [0.1, 0.15) is 0 Å². The van der Waals surface area contributed by atoms with Gasteiger partial charge in [-0.2, -0.15) is 0 Å². The Morgan fingerprint density at radius 1 is 1.86 bits per heavy atom. The molecule has 1 fully saturated rings. The van der Waals surface area contributed by atoms with Crippen LogP contribution in [0.1, 0.15) is 6.42 Å². The van der Waals surface area contributed by atoms with E-state index in [4.69, 9.17) is 5.84 Å². The first-order valence-corrected chi connectivity index (χ1v) is 2.47. The lowest BCUT2D eigenvalue weighted by atomic mass is 10.4. The molecule has 0 amide bonds. The highest BCUT2D eigenvalue weighted by Gasteiger charge is 2.32. The average Bonchev–Trinajstić information content (AvgIpc) is 2.43. The molecule has 0 bridgehead atoms. The summed E-state index contributed by atoms with van der Waals surface area (Å²) in [7, 11) is 0. The molecule has 2 unspecified atom stereocenters. The van der Waals surface area contributed by atoms with E-state index in [-0.39, 0.29) is 0 Å². The molecule has 7 heavy (non-hydrogen) atoms. The Hall–Kier alpha value is -0.340. The van der Waals surface area contributed by atoms with Crippen molar-refractivity contribution in [2.75, 3.05) is 0 Å². The van der Waals surface area contributed by atoms with Crippen LogP contribution < -0.4 is 11.3 Å². The molecular formula is C5H10N2. The van der Waals surface area contributed by atoms with E-state index in [1.165, 1.54) is 6.42 Å². The van der Waals surface area contributed by atoms with Gasteiger partial charge >= 0.3 is 0 Å². The lowest BCUT2D eigenvalue weighted by Crippen LogP contribution is -2.25. The minimum Gasteiger partial charge on any atom is -0.271 e. The Morgan fingerprint density at radius 2 is 2.57 bits per heavy atom. The first-order chi connectivity index (χ1) is 3.38. The molecule has 2 atom stereocenters. The number of hydrogen-bond acceptors (Lipinski definition) is 2. The number of hydrazine groups is 1. The fourth-order valence-electron chi connectivity index (χ4n) is 0.667. The average molecular weight is 98.1 g/mol. The highest BCUT2D eigenvalue weighted by molar-refractivity contribution is 5.01. The lowest BCUT2D eigenvalue weighted by Gasteiger charge is -1.86. The molecule has 0 saturated heterocycles. The van der Waals surface area contributed by atoms with Crippen molar-refractivity contribution in [2.45, 2.75) is 12.5 Å². The van der Waals surface area contributed by atoms with Crippen molar-refractivity contribution >= 4 is 0 Å². The van der Waals surface area contributed by atoms with Crippen molar-refractivity contribution < 1.29 is 0 Å². The second-order valence-corrected chi connectivity index (χ2v) is 1.91. The van der Waals surface area contributed by atoms with E-state index in [0.717, 1.165) is 0 Å². The van der Waals surface area contributed by atoms with Gasteiger partial charge in [0.05, 0.1) is 0 Å². The fourth-order valence-corrected chi connectivity index (χ4v) is 0.667. The van der Waals surface area contributed by atoms with Gasteiger partial charge in [0.25, 0.3) is 0 Å². The van der Waals surface area contributed by atoms with Crippen molar-refractivity contribution in [3.63, 3.8) is 0 Å². The maximum Gasteiger partial charge on any atom is 0.0279 e. The van der Waals surface area contributed by atoms with Crippen LogP contribution in [-0.4, -0.2) is 6.04 Å². The number of nitrogens with one attached hydrogen (secondary N) is 1. The summed E-state index contributed by atoms with van der Waals surface area (Å²) in [4.78, 5) is 0. The van der Waals surface area contributed by atoms with E-state index < -0.39 is 0 Å². The van der Waals surface area contributed by atoms with Gasteiger partial charge in [-0.25, -0.2) is 0 Å². The van der Waals surface area contributed by atoms with Gasteiger partial charge < -0.3 is 0 Å². The standard InChI is InChI=1S/C5H10N2/c1-2-4-3-5(4)7-6/h2,4-5,7H,1,3,6H2. The Balaban J connectivity index is 2.17. The molecule has 0 aromatic heterocycles. The molecule has 2 nitrogen and oxygen atoms in total. The summed E-state index contributed by atoms with van der Waals surface area (Å²) in [6.07, 6.45) is 3.10. The lowest BCUT2D eigenvalue weighted by molar-refractivity contribution is 0.709. The zero-order chi connectivity index (χ0) is 5.28. The predicted molar refractivity (Wildman–Crippen MR) is 29.4 cm³/mol. The summed E-state index contributed by atoms with van der Waals surface area (Å²) in [5.74, 6) is 5.75. The number of hydrogen-bond donors (Lipinski definition) is 2. The third-order valence-electron chi connectivity index (χ3n) is 1.36. The highest BCUT2D eigenvalue weighted by atomic mass is 15.3. The molecule has 0 aromatic carbocycles. The van der Waals surface area contributed by atoms with Gasteiger partial charge in [0.2, 0.25) is 0 Å². The first kappa shape index (κ1) is 4.81. The maximum atomic E-state index is 5.10. The SMILES string of the molecule is C=CC1CC1NN. The maximum absolute atomic E-state index is 5.10. The summed E-state index contributed by atoms with van der Waals surface area (Å²) in [6.45, 7) is 3.63. The Morgan fingerprint density at radius 3 is 2.71 bits per heavy atom. The van der Waals surface area contributed by atoms with Gasteiger partial charge in [-0.1, -0.05) is 6.08 Å². The van der Waals surface area contributed by atoms with Crippen LogP contribution in [0.5, 0.6) is 0 Å². The monoisotopic (exact) mass is 98.1 g/mol. The van der Waals surface area contributed by atoms with Crippen LogP contribution in [0.2, 0.25) is 0 Å². The number of nitrogens with two attached hydrogens (primary N) is 1. The van der Waals surface area contributed by atoms with Crippen LogP contribution in [0.25, 0.3) is 0 Å². The normalized spacial score (nSPS) is 37.9. The number of rotatable bonds is 2. The van der Waals surface area contributed by atoms with Crippen molar-refractivity contribution in [3.8, 4) is 0 Å². The molecule has 1 saturated carbocycles. The second-order valence-electron chi connectivity index (χ2n) is 1.91. The van der Waals surface area contributed by atoms with E-state index in [1.807, 2.05) is 6.08 Å². The van der Waals surface area contributed by atoms with E-state index in [9.17, 15) is 0 Å². The van der Waals surface area contributed by atoms with Crippen LogP contribution in [0.15, 0.2) is 12.7 Å². The molecule has 3 N–H and O–H groups in total. The largest absolute Gasteiger partial charge is 0.271 e. The van der Waals surface area contributed by atoms with Gasteiger partial charge in [0, 0.05) is 6.04 Å². The van der Waals surface area contributed by atoms with Crippen molar-refractivity contribution in [1.29, 1.82) is 0 Å². The van der Waals surface area contributed by atoms with Crippen LogP contribution in [0.3, 0.4) is 0 Å². The molecule has 0 heterocycles. The predicted octanol–water partition coefficient (Wildman–Crippen LogP) is 0.0242. The summed E-state index contributed by atoms with van der Waals surface area (Å²) in [6, 6.07) is 0.525. The third-order valence-corrected chi connectivity index (χ3v) is 1.36.